The minimum atomic E-state index is 0.430. The number of nitrogens with two attached hydrogens (primary N) is 2. The zero-order chi connectivity index (χ0) is 25.9. The maximum absolute atomic E-state index is 6.41. The Balaban J connectivity index is 0.000000285. The highest BCUT2D eigenvalue weighted by Gasteiger charge is 2.13. The summed E-state index contributed by atoms with van der Waals surface area (Å²) in [7, 11) is 0. The van der Waals surface area contributed by atoms with Crippen LogP contribution in [0.4, 0.5) is 0 Å². The van der Waals surface area contributed by atoms with Crippen LogP contribution >= 0.6 is 0 Å². The molecule has 0 saturated carbocycles. The van der Waals surface area contributed by atoms with Crippen molar-refractivity contribution in [1.29, 1.82) is 0 Å². The molecule has 0 spiro atoms. The summed E-state index contributed by atoms with van der Waals surface area (Å²) in [6, 6.07) is 38.2. The van der Waals surface area contributed by atoms with Crippen LogP contribution in [0.1, 0.15) is 16.7 Å². The average molecular weight is 498 g/mol. The molecule has 2 aromatic heterocycles. The van der Waals surface area contributed by atoms with E-state index in [-0.39, 0.29) is 0 Å². The van der Waals surface area contributed by atoms with E-state index < -0.39 is 0 Å². The quantitative estimate of drug-likeness (QED) is 0.194. The molecule has 0 atom stereocenters. The monoisotopic (exact) mass is 497 g/mol. The number of fused-ring (bicyclic) bond motifs is 6. The number of amidine groups is 1. The molecule has 5 aromatic carbocycles. The third-order valence-electron chi connectivity index (χ3n) is 6.66. The fourth-order valence-electron chi connectivity index (χ4n) is 4.75. The Labute approximate surface area is 220 Å². The Morgan fingerprint density at radius 1 is 0.579 bits per heavy atom. The van der Waals surface area contributed by atoms with E-state index in [0.717, 1.165) is 55.0 Å². The average Bonchev–Trinajstić information content (AvgIpc) is 3.55. The van der Waals surface area contributed by atoms with E-state index in [2.05, 4.69) is 23.2 Å². The zero-order valence-corrected chi connectivity index (χ0v) is 20.8. The van der Waals surface area contributed by atoms with Gasteiger partial charge in [0.2, 0.25) is 0 Å². The van der Waals surface area contributed by atoms with Crippen LogP contribution in [0.25, 0.3) is 43.9 Å². The summed E-state index contributed by atoms with van der Waals surface area (Å²) < 4.78 is 12.2. The van der Waals surface area contributed by atoms with E-state index >= 15 is 0 Å². The van der Waals surface area contributed by atoms with Gasteiger partial charge in [-0.25, -0.2) is 0 Å². The van der Waals surface area contributed by atoms with Gasteiger partial charge in [0.15, 0.2) is 0 Å². The summed E-state index contributed by atoms with van der Waals surface area (Å²) in [4.78, 5) is 4.68. The Morgan fingerprint density at radius 3 is 1.79 bits per heavy atom. The number of hydrogen-bond acceptors (Lipinski definition) is 4. The molecule has 0 aliphatic carbocycles. The van der Waals surface area contributed by atoms with Crippen LogP contribution in [0.3, 0.4) is 0 Å². The predicted octanol–water partition coefficient (Wildman–Crippen LogP) is 7.54. The normalized spacial score (nSPS) is 11.8. The molecule has 186 valence electrons. The van der Waals surface area contributed by atoms with Gasteiger partial charge in [-0.15, -0.1) is 0 Å². The predicted molar refractivity (Wildman–Crippen MR) is 156 cm³/mol. The van der Waals surface area contributed by atoms with E-state index in [1.54, 1.807) is 0 Å². The number of nitrogens with zero attached hydrogens (tertiary/aromatic N) is 1. The fraction of sp³-hybridized carbons (Fsp3) is 0.0606. The van der Waals surface area contributed by atoms with Crippen LogP contribution < -0.4 is 11.5 Å². The van der Waals surface area contributed by atoms with Crippen LogP contribution in [0, 0.1) is 0 Å². The lowest BCUT2D eigenvalue weighted by Gasteiger charge is -2.03. The summed E-state index contributed by atoms with van der Waals surface area (Å²) in [6.45, 7) is 1.07. The summed E-state index contributed by atoms with van der Waals surface area (Å²) >= 11 is 0. The molecule has 0 aliphatic rings. The van der Waals surface area contributed by atoms with Crippen molar-refractivity contribution in [3.63, 3.8) is 0 Å². The van der Waals surface area contributed by atoms with Crippen LogP contribution in [-0.4, -0.2) is 5.84 Å². The molecular weight excluding hydrogens is 470 g/mol. The third-order valence-corrected chi connectivity index (χ3v) is 6.66. The lowest BCUT2D eigenvalue weighted by Crippen LogP contribution is -2.13. The molecule has 0 fully saturated rings. The standard InChI is InChI=1S/C26H18N2O2.C7H9N/c27-26(21-12-6-11-20-18-9-2-4-14-23(18)30-25(20)21)28-15-16-7-5-10-19-17-8-1-3-13-22(17)29-24(16)19;8-6-7-4-2-1-3-5-7/h1-14H,15H2,(H2,27,28);1-5H,6,8H2. The van der Waals surface area contributed by atoms with Crippen molar-refractivity contribution in [2.75, 3.05) is 0 Å². The Hall–Kier alpha value is -4.87. The van der Waals surface area contributed by atoms with Gasteiger partial charge in [-0.1, -0.05) is 97.1 Å². The van der Waals surface area contributed by atoms with Crippen molar-refractivity contribution in [3.05, 3.63) is 132 Å². The summed E-state index contributed by atoms with van der Waals surface area (Å²) in [6.07, 6.45) is 0. The molecule has 38 heavy (non-hydrogen) atoms. The van der Waals surface area contributed by atoms with Crippen molar-refractivity contribution in [2.45, 2.75) is 13.1 Å². The van der Waals surface area contributed by atoms with Gasteiger partial charge in [0.25, 0.3) is 0 Å². The number of aliphatic imine (C=N–C) groups is 1. The van der Waals surface area contributed by atoms with E-state index in [0.29, 0.717) is 18.9 Å². The highest BCUT2D eigenvalue weighted by molar-refractivity contribution is 6.14. The molecule has 0 aliphatic heterocycles. The molecule has 0 bridgehead atoms. The van der Waals surface area contributed by atoms with E-state index in [9.17, 15) is 0 Å². The minimum Gasteiger partial charge on any atom is -0.456 e. The lowest BCUT2D eigenvalue weighted by atomic mass is 10.1. The van der Waals surface area contributed by atoms with Gasteiger partial charge < -0.3 is 20.3 Å². The van der Waals surface area contributed by atoms with Crippen molar-refractivity contribution in [2.24, 2.45) is 16.5 Å². The van der Waals surface area contributed by atoms with E-state index in [1.807, 2.05) is 97.1 Å². The van der Waals surface area contributed by atoms with Gasteiger partial charge in [-0.2, -0.15) is 0 Å². The topological polar surface area (TPSA) is 90.7 Å². The number of hydrogen-bond donors (Lipinski definition) is 2. The summed E-state index contributed by atoms with van der Waals surface area (Å²) in [5, 5.41) is 4.32. The fourth-order valence-corrected chi connectivity index (χ4v) is 4.75. The molecule has 0 amide bonds. The van der Waals surface area contributed by atoms with Crippen molar-refractivity contribution in [3.8, 4) is 0 Å². The van der Waals surface area contributed by atoms with Gasteiger partial charge in [-0.3, -0.25) is 4.99 Å². The Morgan fingerprint density at radius 2 is 1.13 bits per heavy atom. The molecule has 7 rings (SSSR count). The molecule has 5 heteroatoms. The smallest absolute Gasteiger partial charge is 0.146 e. The first-order valence-electron chi connectivity index (χ1n) is 12.6. The van der Waals surface area contributed by atoms with E-state index in [1.165, 1.54) is 5.56 Å². The molecule has 0 unspecified atom stereocenters. The number of rotatable bonds is 4. The second kappa shape index (κ2) is 10.2. The van der Waals surface area contributed by atoms with Crippen molar-refractivity contribution < 1.29 is 8.83 Å². The lowest BCUT2D eigenvalue weighted by molar-refractivity contribution is 0.663. The van der Waals surface area contributed by atoms with Gasteiger partial charge in [-0.05, 0) is 23.8 Å². The summed E-state index contributed by atoms with van der Waals surface area (Å²) in [5.74, 6) is 0.452. The zero-order valence-electron chi connectivity index (χ0n) is 20.8. The Bertz CT molecular complexity index is 1900. The molecule has 2 heterocycles. The van der Waals surface area contributed by atoms with Crippen LogP contribution in [0.15, 0.2) is 129 Å². The second-order valence-corrected chi connectivity index (χ2v) is 9.06. The molecule has 7 aromatic rings. The maximum Gasteiger partial charge on any atom is 0.146 e. The molecule has 0 saturated heterocycles. The number of furan rings is 2. The molecule has 5 nitrogen and oxygen atoms in total. The number of benzene rings is 5. The van der Waals surface area contributed by atoms with Gasteiger partial charge >= 0.3 is 0 Å². The highest BCUT2D eigenvalue weighted by atomic mass is 16.3. The highest BCUT2D eigenvalue weighted by Crippen LogP contribution is 2.32. The van der Waals surface area contributed by atoms with Crippen molar-refractivity contribution in [1.82, 2.24) is 0 Å². The minimum absolute atomic E-state index is 0.430. The summed E-state index contributed by atoms with van der Waals surface area (Å²) in [5.41, 5.74) is 18.1. The van der Waals surface area contributed by atoms with Gasteiger partial charge in [0.05, 0.1) is 12.1 Å². The van der Waals surface area contributed by atoms with Gasteiger partial charge in [0.1, 0.15) is 28.2 Å². The van der Waals surface area contributed by atoms with Crippen LogP contribution in [-0.2, 0) is 13.1 Å². The van der Waals surface area contributed by atoms with Crippen LogP contribution in [0.2, 0.25) is 0 Å². The molecule has 0 radical (unpaired) electrons. The largest absolute Gasteiger partial charge is 0.456 e. The van der Waals surface area contributed by atoms with Gasteiger partial charge in [0, 0.05) is 33.7 Å². The SMILES string of the molecule is NC(=NCc1cccc2c1oc1ccccc12)c1cccc2c1oc1ccccc12.NCc1ccccc1. The first-order chi connectivity index (χ1) is 18.7. The molecular formula is C33H27N3O2. The number of para-hydroxylation sites is 4. The molecule has 4 N–H and O–H groups in total. The Kier molecular flexibility index (Phi) is 6.34. The maximum atomic E-state index is 6.41. The first-order valence-corrected chi connectivity index (χ1v) is 12.6. The second-order valence-electron chi connectivity index (χ2n) is 9.06. The van der Waals surface area contributed by atoms with E-state index in [4.69, 9.17) is 20.3 Å². The van der Waals surface area contributed by atoms with Crippen LogP contribution in [0.5, 0.6) is 0 Å². The van der Waals surface area contributed by atoms with Crippen molar-refractivity contribution >= 4 is 49.7 Å². The first kappa shape index (κ1) is 23.5. The third kappa shape index (κ3) is 4.40.